The molecule has 0 atom stereocenters. The van der Waals surface area contributed by atoms with E-state index in [0.717, 1.165) is 25.7 Å². The smallest absolute Gasteiger partial charge is 0.309 e. The third-order valence-corrected chi connectivity index (χ3v) is 3.83. The van der Waals surface area contributed by atoms with E-state index in [4.69, 9.17) is 5.11 Å². The first-order chi connectivity index (χ1) is 8.07. The van der Waals surface area contributed by atoms with E-state index < -0.39 is 17.4 Å². The predicted molar refractivity (Wildman–Crippen MR) is 63.9 cm³/mol. The second kappa shape index (κ2) is 6.62. The molecule has 0 unspecified atom stereocenters. The standard InChI is InChI=1S/C13H22O4/c14-11(15)7-10-13(12(16)17)8-5-3-1-2-4-6-9-13/h1-10H2,(H,14,15)(H,16,17). The van der Waals surface area contributed by atoms with E-state index in [1.165, 1.54) is 12.8 Å². The van der Waals surface area contributed by atoms with Gasteiger partial charge in [0.05, 0.1) is 5.41 Å². The van der Waals surface area contributed by atoms with Crippen molar-refractivity contribution in [1.82, 2.24) is 0 Å². The summed E-state index contributed by atoms with van der Waals surface area (Å²) in [5.74, 6) is -1.70. The van der Waals surface area contributed by atoms with E-state index in [1.807, 2.05) is 0 Å². The number of carbonyl (C=O) groups is 2. The van der Waals surface area contributed by atoms with E-state index in [1.54, 1.807) is 0 Å². The second-order valence-electron chi connectivity index (χ2n) is 5.10. The van der Waals surface area contributed by atoms with Gasteiger partial charge in [0.15, 0.2) is 0 Å². The van der Waals surface area contributed by atoms with Gasteiger partial charge >= 0.3 is 11.9 Å². The summed E-state index contributed by atoms with van der Waals surface area (Å²) in [6.07, 6.45) is 7.82. The lowest BCUT2D eigenvalue weighted by molar-refractivity contribution is -0.151. The van der Waals surface area contributed by atoms with Crippen LogP contribution in [0.2, 0.25) is 0 Å². The molecular formula is C13H22O4. The van der Waals surface area contributed by atoms with Gasteiger partial charge in [-0.3, -0.25) is 9.59 Å². The Morgan fingerprint density at radius 2 is 1.35 bits per heavy atom. The molecule has 0 aromatic rings. The highest BCUT2D eigenvalue weighted by atomic mass is 16.4. The molecule has 0 aliphatic heterocycles. The SMILES string of the molecule is O=C(O)CCC1(C(=O)O)CCCCCCCC1. The molecule has 17 heavy (non-hydrogen) atoms. The summed E-state index contributed by atoms with van der Waals surface area (Å²) in [5.41, 5.74) is -0.789. The van der Waals surface area contributed by atoms with Crippen molar-refractivity contribution in [2.24, 2.45) is 5.41 Å². The van der Waals surface area contributed by atoms with Crippen molar-refractivity contribution in [2.45, 2.75) is 64.2 Å². The molecule has 1 rings (SSSR count). The predicted octanol–water partition coefficient (Wildman–Crippen LogP) is 3.06. The monoisotopic (exact) mass is 242 g/mol. The average Bonchev–Trinajstić information content (AvgIpc) is 2.38. The summed E-state index contributed by atoms with van der Waals surface area (Å²) in [4.78, 5) is 22.1. The quantitative estimate of drug-likeness (QED) is 0.794. The maximum absolute atomic E-state index is 11.5. The van der Waals surface area contributed by atoms with Crippen LogP contribution in [0.1, 0.15) is 64.2 Å². The molecule has 1 saturated carbocycles. The van der Waals surface area contributed by atoms with E-state index >= 15 is 0 Å². The van der Waals surface area contributed by atoms with E-state index in [9.17, 15) is 14.7 Å². The fourth-order valence-electron chi connectivity index (χ4n) is 2.68. The summed E-state index contributed by atoms with van der Waals surface area (Å²) < 4.78 is 0. The van der Waals surface area contributed by atoms with Gasteiger partial charge in [-0.2, -0.15) is 0 Å². The minimum atomic E-state index is -0.898. The molecule has 1 fully saturated rings. The zero-order valence-electron chi connectivity index (χ0n) is 10.3. The number of hydrogen-bond donors (Lipinski definition) is 2. The van der Waals surface area contributed by atoms with Gasteiger partial charge in [0.2, 0.25) is 0 Å². The van der Waals surface area contributed by atoms with Crippen LogP contribution >= 0.6 is 0 Å². The number of carboxylic acids is 2. The van der Waals surface area contributed by atoms with Crippen molar-refractivity contribution in [3.05, 3.63) is 0 Å². The summed E-state index contributed by atoms with van der Waals surface area (Å²) in [6.45, 7) is 0. The number of hydrogen-bond acceptors (Lipinski definition) is 2. The Bertz CT molecular complexity index is 263. The fraction of sp³-hybridized carbons (Fsp3) is 0.846. The van der Waals surface area contributed by atoms with E-state index in [2.05, 4.69) is 0 Å². The lowest BCUT2D eigenvalue weighted by Gasteiger charge is -2.28. The van der Waals surface area contributed by atoms with Gasteiger partial charge in [-0.05, 0) is 19.3 Å². The highest BCUT2D eigenvalue weighted by Gasteiger charge is 2.37. The minimum Gasteiger partial charge on any atom is -0.481 e. The Balaban J connectivity index is 2.69. The topological polar surface area (TPSA) is 74.6 Å². The number of carboxylic acid groups (broad SMARTS) is 2. The molecule has 4 heteroatoms. The Hall–Kier alpha value is -1.06. The molecule has 0 spiro atoms. The van der Waals surface area contributed by atoms with Crippen molar-refractivity contribution >= 4 is 11.9 Å². The van der Waals surface area contributed by atoms with E-state index in [-0.39, 0.29) is 12.8 Å². The van der Waals surface area contributed by atoms with Crippen LogP contribution in [0.4, 0.5) is 0 Å². The van der Waals surface area contributed by atoms with Crippen LogP contribution in [0.15, 0.2) is 0 Å². The lowest BCUT2D eigenvalue weighted by Crippen LogP contribution is -2.31. The molecule has 0 amide bonds. The molecular weight excluding hydrogens is 220 g/mol. The molecule has 4 nitrogen and oxygen atoms in total. The van der Waals surface area contributed by atoms with Crippen LogP contribution in [0, 0.1) is 5.41 Å². The van der Waals surface area contributed by atoms with Crippen molar-refractivity contribution in [2.75, 3.05) is 0 Å². The second-order valence-corrected chi connectivity index (χ2v) is 5.10. The van der Waals surface area contributed by atoms with Crippen molar-refractivity contribution in [3.63, 3.8) is 0 Å². The maximum atomic E-state index is 11.5. The molecule has 0 heterocycles. The Kier molecular flexibility index (Phi) is 5.45. The van der Waals surface area contributed by atoms with Gasteiger partial charge in [-0.15, -0.1) is 0 Å². The Labute approximate surface area is 102 Å². The lowest BCUT2D eigenvalue weighted by atomic mass is 9.75. The summed E-state index contributed by atoms with van der Waals surface area (Å²) >= 11 is 0. The minimum absolute atomic E-state index is 0.0354. The molecule has 98 valence electrons. The van der Waals surface area contributed by atoms with Crippen LogP contribution in [0.5, 0.6) is 0 Å². The summed E-state index contributed by atoms with van der Waals surface area (Å²) in [5, 5.41) is 18.1. The van der Waals surface area contributed by atoms with Crippen molar-refractivity contribution in [1.29, 1.82) is 0 Å². The molecule has 1 aliphatic carbocycles. The van der Waals surface area contributed by atoms with Gasteiger partial charge in [-0.1, -0.05) is 38.5 Å². The fourth-order valence-corrected chi connectivity index (χ4v) is 2.68. The van der Waals surface area contributed by atoms with Crippen LogP contribution in [-0.4, -0.2) is 22.2 Å². The molecule has 2 N–H and O–H groups in total. The first-order valence-corrected chi connectivity index (χ1v) is 6.52. The zero-order chi connectivity index (χ0) is 12.7. The van der Waals surface area contributed by atoms with Crippen molar-refractivity contribution in [3.8, 4) is 0 Å². The highest BCUT2D eigenvalue weighted by Crippen LogP contribution is 2.38. The maximum Gasteiger partial charge on any atom is 0.309 e. The number of aliphatic carboxylic acids is 2. The average molecular weight is 242 g/mol. The molecule has 0 aromatic carbocycles. The molecule has 0 saturated heterocycles. The first kappa shape index (κ1) is 14.0. The van der Waals surface area contributed by atoms with Crippen LogP contribution in [0.3, 0.4) is 0 Å². The van der Waals surface area contributed by atoms with Crippen LogP contribution < -0.4 is 0 Å². The third kappa shape index (κ3) is 4.36. The Morgan fingerprint density at radius 3 is 1.76 bits per heavy atom. The molecule has 0 aromatic heterocycles. The van der Waals surface area contributed by atoms with Crippen LogP contribution in [-0.2, 0) is 9.59 Å². The van der Waals surface area contributed by atoms with Gasteiger partial charge in [0, 0.05) is 6.42 Å². The molecule has 0 radical (unpaired) electrons. The highest BCUT2D eigenvalue weighted by molar-refractivity contribution is 5.76. The zero-order valence-corrected chi connectivity index (χ0v) is 10.3. The van der Waals surface area contributed by atoms with Crippen LogP contribution in [0.25, 0.3) is 0 Å². The van der Waals surface area contributed by atoms with Gasteiger partial charge in [-0.25, -0.2) is 0 Å². The molecule has 1 aliphatic rings. The van der Waals surface area contributed by atoms with Gasteiger partial charge in [0.1, 0.15) is 0 Å². The summed E-state index contributed by atoms with van der Waals surface area (Å²) in [7, 11) is 0. The Morgan fingerprint density at radius 1 is 0.882 bits per heavy atom. The molecule has 0 bridgehead atoms. The summed E-state index contributed by atoms with van der Waals surface area (Å²) in [6, 6.07) is 0. The van der Waals surface area contributed by atoms with Crippen molar-refractivity contribution < 1.29 is 19.8 Å². The normalized spacial score (nSPS) is 20.9. The largest absolute Gasteiger partial charge is 0.481 e. The third-order valence-electron chi connectivity index (χ3n) is 3.83. The van der Waals surface area contributed by atoms with E-state index in [0.29, 0.717) is 12.8 Å². The number of rotatable bonds is 4. The van der Waals surface area contributed by atoms with Gasteiger partial charge < -0.3 is 10.2 Å². The van der Waals surface area contributed by atoms with Gasteiger partial charge in [0.25, 0.3) is 0 Å². The first-order valence-electron chi connectivity index (χ1n) is 6.52.